The molecule has 1 N–H and O–H groups in total. The van der Waals surface area contributed by atoms with Gasteiger partial charge in [0.05, 0.1) is 11.8 Å². The van der Waals surface area contributed by atoms with E-state index in [1.165, 1.54) is 0 Å². The molecule has 3 nitrogen and oxygen atoms in total. The average Bonchev–Trinajstić information content (AvgIpc) is 2.85. The second-order valence-corrected chi connectivity index (χ2v) is 4.36. The lowest BCUT2D eigenvalue weighted by Crippen LogP contribution is -2.13. The van der Waals surface area contributed by atoms with E-state index < -0.39 is 29.1 Å². The number of rotatable bonds is 4. The van der Waals surface area contributed by atoms with Crippen molar-refractivity contribution in [2.75, 3.05) is 6.54 Å². The van der Waals surface area contributed by atoms with Crippen LogP contribution in [0.1, 0.15) is 18.1 Å². The highest BCUT2D eigenvalue weighted by molar-refractivity contribution is 5.38. The van der Waals surface area contributed by atoms with Gasteiger partial charge in [0.1, 0.15) is 5.69 Å². The number of aromatic nitrogens is 2. The molecule has 0 bridgehead atoms. The van der Waals surface area contributed by atoms with Crippen molar-refractivity contribution in [3.05, 3.63) is 47.3 Å². The highest BCUT2D eigenvalue weighted by Gasteiger charge is 2.32. The lowest BCUT2D eigenvalue weighted by atomic mass is 10.2. The maximum atomic E-state index is 13.9. The van der Waals surface area contributed by atoms with Gasteiger partial charge in [-0.15, -0.1) is 0 Å². The highest BCUT2D eigenvalue weighted by Crippen LogP contribution is 2.30. The minimum absolute atomic E-state index is 0.261. The minimum atomic E-state index is -4.61. The van der Waals surface area contributed by atoms with Gasteiger partial charge in [0.15, 0.2) is 11.6 Å². The summed E-state index contributed by atoms with van der Waals surface area (Å²) in [6.07, 6.45) is -3.55. The van der Waals surface area contributed by atoms with Crippen LogP contribution >= 0.6 is 0 Å². The van der Waals surface area contributed by atoms with Crippen molar-refractivity contribution in [3.63, 3.8) is 0 Å². The van der Waals surface area contributed by atoms with E-state index in [9.17, 15) is 22.0 Å². The van der Waals surface area contributed by atoms with Crippen molar-refractivity contribution < 1.29 is 22.0 Å². The van der Waals surface area contributed by atoms with E-state index in [1.54, 1.807) is 0 Å². The van der Waals surface area contributed by atoms with Crippen LogP contribution in [0.2, 0.25) is 0 Å². The summed E-state index contributed by atoms with van der Waals surface area (Å²) in [6.45, 7) is 2.72. The topological polar surface area (TPSA) is 29.9 Å². The maximum absolute atomic E-state index is 13.9. The summed E-state index contributed by atoms with van der Waals surface area (Å²) < 4.78 is 65.8. The summed E-state index contributed by atoms with van der Waals surface area (Å²) in [5, 5.41) is 6.27. The molecule has 114 valence electrons. The van der Waals surface area contributed by atoms with E-state index in [0.717, 1.165) is 12.1 Å². The standard InChI is InChI=1S/C13H12F5N3/c1-2-19-5-8-3-10(14)12(11(15)4-8)21-7-9(6-20-21)13(16,17)18/h3-4,6-7,19H,2,5H2,1H3. The van der Waals surface area contributed by atoms with E-state index in [-0.39, 0.29) is 6.54 Å². The Balaban J connectivity index is 2.38. The zero-order valence-electron chi connectivity index (χ0n) is 11.0. The number of hydrogen-bond donors (Lipinski definition) is 1. The molecule has 1 heterocycles. The lowest BCUT2D eigenvalue weighted by Gasteiger charge is -2.08. The Hall–Kier alpha value is -1.96. The molecule has 0 atom stereocenters. The lowest BCUT2D eigenvalue weighted by molar-refractivity contribution is -0.137. The molecule has 2 rings (SSSR count). The average molecular weight is 305 g/mol. The van der Waals surface area contributed by atoms with Gasteiger partial charge in [-0.2, -0.15) is 18.3 Å². The predicted octanol–water partition coefficient (Wildman–Crippen LogP) is 3.28. The molecule has 8 heteroatoms. The molecular formula is C13H12F5N3. The van der Waals surface area contributed by atoms with Crippen molar-refractivity contribution in [3.8, 4) is 5.69 Å². The zero-order chi connectivity index (χ0) is 15.6. The molecule has 0 unspecified atom stereocenters. The van der Waals surface area contributed by atoms with Gasteiger partial charge in [0.2, 0.25) is 0 Å². The molecule has 0 fully saturated rings. The third-order valence-electron chi connectivity index (χ3n) is 2.79. The number of benzene rings is 1. The van der Waals surface area contributed by atoms with E-state index >= 15 is 0 Å². The molecule has 0 aliphatic carbocycles. The predicted molar refractivity (Wildman–Crippen MR) is 65.9 cm³/mol. The van der Waals surface area contributed by atoms with Gasteiger partial charge in [-0.1, -0.05) is 6.92 Å². The molecule has 0 aliphatic rings. The van der Waals surface area contributed by atoms with E-state index in [0.29, 0.717) is 29.2 Å². The number of hydrogen-bond acceptors (Lipinski definition) is 2. The van der Waals surface area contributed by atoms with Gasteiger partial charge >= 0.3 is 6.18 Å². The summed E-state index contributed by atoms with van der Waals surface area (Å²) in [7, 11) is 0. The second-order valence-electron chi connectivity index (χ2n) is 4.36. The summed E-state index contributed by atoms with van der Waals surface area (Å²) in [5.41, 5.74) is -1.34. The van der Waals surface area contributed by atoms with Crippen LogP contribution in [-0.4, -0.2) is 16.3 Å². The Bertz CT molecular complexity index is 610. The Kier molecular flexibility index (Phi) is 4.26. The largest absolute Gasteiger partial charge is 0.419 e. The molecule has 1 aromatic carbocycles. The third-order valence-corrected chi connectivity index (χ3v) is 2.79. The molecule has 0 amide bonds. The summed E-state index contributed by atoms with van der Waals surface area (Å²) in [6, 6.07) is 2.13. The SMILES string of the molecule is CCNCc1cc(F)c(-n2cc(C(F)(F)F)cn2)c(F)c1. The van der Waals surface area contributed by atoms with Gasteiger partial charge in [-0.05, 0) is 24.2 Å². The Morgan fingerprint density at radius 2 is 1.81 bits per heavy atom. The van der Waals surface area contributed by atoms with Crippen molar-refractivity contribution in [1.29, 1.82) is 0 Å². The molecule has 2 aromatic rings. The number of nitrogens with one attached hydrogen (secondary N) is 1. The van der Waals surface area contributed by atoms with E-state index in [2.05, 4.69) is 10.4 Å². The van der Waals surface area contributed by atoms with Crippen LogP contribution in [0.4, 0.5) is 22.0 Å². The van der Waals surface area contributed by atoms with Gasteiger partial charge < -0.3 is 5.32 Å². The fourth-order valence-electron chi connectivity index (χ4n) is 1.80. The first kappa shape index (κ1) is 15.4. The maximum Gasteiger partial charge on any atom is 0.419 e. The van der Waals surface area contributed by atoms with Gasteiger partial charge in [-0.3, -0.25) is 0 Å². The van der Waals surface area contributed by atoms with Crippen LogP contribution in [-0.2, 0) is 12.7 Å². The van der Waals surface area contributed by atoms with Crippen molar-refractivity contribution in [1.82, 2.24) is 15.1 Å². The van der Waals surface area contributed by atoms with Gasteiger partial charge in [-0.25, -0.2) is 13.5 Å². The normalized spacial score (nSPS) is 11.9. The quantitative estimate of drug-likeness (QED) is 0.879. The molecule has 0 spiro atoms. The van der Waals surface area contributed by atoms with Crippen LogP contribution < -0.4 is 5.32 Å². The fraction of sp³-hybridized carbons (Fsp3) is 0.308. The molecule has 0 saturated carbocycles. The first-order valence-corrected chi connectivity index (χ1v) is 6.13. The number of nitrogens with zero attached hydrogens (tertiary/aromatic N) is 2. The Morgan fingerprint density at radius 3 is 2.29 bits per heavy atom. The second kappa shape index (κ2) is 5.80. The van der Waals surface area contributed by atoms with Crippen LogP contribution in [0.25, 0.3) is 5.69 Å². The Morgan fingerprint density at radius 1 is 1.19 bits per heavy atom. The monoisotopic (exact) mass is 305 g/mol. The van der Waals surface area contributed by atoms with Gasteiger partial charge in [0.25, 0.3) is 0 Å². The first-order chi connectivity index (χ1) is 9.82. The molecule has 0 aliphatic heterocycles. The fourth-order valence-corrected chi connectivity index (χ4v) is 1.80. The highest BCUT2D eigenvalue weighted by atomic mass is 19.4. The number of alkyl halides is 3. The molecule has 0 saturated heterocycles. The Labute approximate surface area is 117 Å². The molecule has 21 heavy (non-hydrogen) atoms. The van der Waals surface area contributed by atoms with Crippen molar-refractivity contribution >= 4 is 0 Å². The summed E-state index contributed by atoms with van der Waals surface area (Å²) in [4.78, 5) is 0. The first-order valence-electron chi connectivity index (χ1n) is 6.13. The minimum Gasteiger partial charge on any atom is -0.313 e. The molecule has 0 radical (unpaired) electrons. The summed E-state index contributed by atoms with van der Waals surface area (Å²) in [5.74, 6) is -1.94. The van der Waals surface area contributed by atoms with E-state index in [4.69, 9.17) is 0 Å². The van der Waals surface area contributed by atoms with Crippen molar-refractivity contribution in [2.45, 2.75) is 19.6 Å². The zero-order valence-corrected chi connectivity index (χ0v) is 11.0. The molecular weight excluding hydrogens is 293 g/mol. The number of halogens is 5. The van der Waals surface area contributed by atoms with Crippen LogP contribution in [0.5, 0.6) is 0 Å². The smallest absolute Gasteiger partial charge is 0.313 e. The van der Waals surface area contributed by atoms with Crippen LogP contribution in [0.3, 0.4) is 0 Å². The third kappa shape index (κ3) is 3.38. The molecule has 1 aromatic heterocycles. The van der Waals surface area contributed by atoms with E-state index in [1.807, 2.05) is 6.92 Å². The van der Waals surface area contributed by atoms with Crippen molar-refractivity contribution in [2.24, 2.45) is 0 Å². The van der Waals surface area contributed by atoms with Crippen LogP contribution in [0, 0.1) is 11.6 Å². The van der Waals surface area contributed by atoms with Crippen LogP contribution in [0.15, 0.2) is 24.5 Å². The van der Waals surface area contributed by atoms with Gasteiger partial charge in [0, 0.05) is 12.7 Å². The summed E-state index contributed by atoms with van der Waals surface area (Å²) >= 11 is 0.